The minimum absolute atomic E-state index is 0.324. The lowest BCUT2D eigenvalue weighted by molar-refractivity contribution is 0.112. The number of carbonyl (C=O) groups is 1. The highest BCUT2D eigenvalue weighted by Gasteiger charge is 1.96. The lowest BCUT2D eigenvalue weighted by atomic mass is 10.2. The molecule has 0 aliphatic carbocycles. The smallest absolute Gasteiger partial charge is 0.150 e. The lowest BCUT2D eigenvalue weighted by Crippen LogP contribution is -2.00. The summed E-state index contributed by atoms with van der Waals surface area (Å²) in [7, 11) is 2.29. The van der Waals surface area contributed by atoms with E-state index >= 15 is 0 Å². The van der Waals surface area contributed by atoms with Gasteiger partial charge in [-0.2, -0.15) is 0 Å². The Hall–Kier alpha value is -0.750. The Kier molecular flexibility index (Phi) is 2.13. The quantitative estimate of drug-likeness (QED) is 0.440. The fraction of sp³-hybridized carbons (Fsp3) is 0. The molecule has 1 aromatic carbocycles. The fourth-order valence-electron chi connectivity index (χ4n) is 0.653. The van der Waals surface area contributed by atoms with E-state index in [2.05, 4.69) is 9.24 Å². The molecule has 10 heavy (non-hydrogen) atoms. The zero-order valence-electron chi connectivity index (χ0n) is 5.17. The Labute approximate surface area is 60.5 Å². The summed E-state index contributed by atoms with van der Waals surface area (Å²) in [6.45, 7) is 0. The number of rotatable bonds is 1. The first-order valence-corrected chi connectivity index (χ1v) is 3.32. The van der Waals surface area contributed by atoms with E-state index in [4.69, 9.17) is 0 Å². The van der Waals surface area contributed by atoms with Gasteiger partial charge in [-0.3, -0.25) is 4.79 Å². The monoisotopic (exact) mass is 156 g/mol. The molecule has 0 radical (unpaired) electrons. The van der Waals surface area contributed by atoms with Gasteiger partial charge in [-0.15, -0.1) is 9.24 Å². The van der Waals surface area contributed by atoms with E-state index in [1.807, 2.05) is 0 Å². The summed E-state index contributed by atoms with van der Waals surface area (Å²) in [5.41, 5.74) is 0.506. The van der Waals surface area contributed by atoms with Gasteiger partial charge in [0.2, 0.25) is 0 Å². The van der Waals surface area contributed by atoms with E-state index < -0.39 is 0 Å². The van der Waals surface area contributed by atoms with E-state index in [-0.39, 0.29) is 5.82 Å². The number of carbonyl (C=O) groups excluding carboxylic acids is 1. The molecule has 1 aromatic rings. The van der Waals surface area contributed by atoms with Gasteiger partial charge in [-0.1, -0.05) is 0 Å². The van der Waals surface area contributed by atoms with Crippen molar-refractivity contribution >= 4 is 20.8 Å². The van der Waals surface area contributed by atoms with E-state index in [9.17, 15) is 9.18 Å². The first-order valence-electron chi connectivity index (χ1n) is 2.74. The number of hydrogen-bond donors (Lipinski definition) is 0. The highest BCUT2D eigenvalue weighted by atomic mass is 31.0. The van der Waals surface area contributed by atoms with Crippen LogP contribution in [0.4, 0.5) is 4.39 Å². The second-order valence-electron chi connectivity index (χ2n) is 1.89. The van der Waals surface area contributed by atoms with Gasteiger partial charge in [0.15, 0.2) is 6.29 Å². The second-order valence-corrected chi connectivity index (χ2v) is 2.51. The average molecular weight is 156 g/mol. The van der Waals surface area contributed by atoms with Gasteiger partial charge >= 0.3 is 0 Å². The van der Waals surface area contributed by atoms with Crippen LogP contribution < -0.4 is 5.30 Å². The highest BCUT2D eigenvalue weighted by Crippen LogP contribution is 2.00. The molecule has 0 aliphatic heterocycles. The Morgan fingerprint density at radius 1 is 1.50 bits per heavy atom. The minimum Gasteiger partial charge on any atom is -0.298 e. The van der Waals surface area contributed by atoms with Crippen LogP contribution in [0.25, 0.3) is 0 Å². The van der Waals surface area contributed by atoms with Crippen LogP contribution in [0.3, 0.4) is 0 Å². The maximum atomic E-state index is 12.4. The zero-order chi connectivity index (χ0) is 7.56. The summed E-state index contributed by atoms with van der Waals surface area (Å²) < 4.78 is 12.4. The Bertz CT molecular complexity index is 260. The van der Waals surface area contributed by atoms with Crippen molar-refractivity contribution in [3.8, 4) is 0 Å². The lowest BCUT2D eigenvalue weighted by Gasteiger charge is -1.94. The molecule has 52 valence electrons. The third kappa shape index (κ3) is 1.39. The Morgan fingerprint density at radius 3 is 2.70 bits per heavy atom. The molecule has 0 amide bonds. The molecular weight excluding hydrogens is 150 g/mol. The van der Waals surface area contributed by atoms with Crippen molar-refractivity contribution < 1.29 is 9.18 Å². The highest BCUT2D eigenvalue weighted by molar-refractivity contribution is 7.27. The molecule has 0 aromatic heterocycles. The van der Waals surface area contributed by atoms with Crippen molar-refractivity contribution in [1.82, 2.24) is 0 Å². The summed E-state index contributed by atoms with van der Waals surface area (Å²) in [6, 6.07) is 4.01. The van der Waals surface area contributed by atoms with Gasteiger partial charge in [0.05, 0.1) is 0 Å². The number of hydrogen-bond acceptors (Lipinski definition) is 1. The van der Waals surface area contributed by atoms with Crippen molar-refractivity contribution in [3.63, 3.8) is 0 Å². The molecule has 1 nitrogen and oxygen atoms in total. The van der Waals surface area contributed by atoms with Crippen LogP contribution >= 0.6 is 9.24 Å². The van der Waals surface area contributed by atoms with E-state index in [1.165, 1.54) is 18.2 Å². The van der Waals surface area contributed by atoms with Crippen LogP contribution in [-0.2, 0) is 0 Å². The standard InChI is InChI=1S/C7H6FOP/c8-6-2-1-5(4-9)7(10)3-6/h1-4H,10H2. The van der Waals surface area contributed by atoms with Crippen molar-refractivity contribution in [1.29, 1.82) is 0 Å². The molecule has 0 saturated heterocycles. The molecule has 0 spiro atoms. The summed E-state index contributed by atoms with van der Waals surface area (Å²) >= 11 is 0. The van der Waals surface area contributed by atoms with Crippen LogP contribution in [0.15, 0.2) is 18.2 Å². The molecule has 1 unspecified atom stereocenters. The number of benzene rings is 1. The van der Waals surface area contributed by atoms with Crippen LogP contribution in [0, 0.1) is 5.82 Å². The predicted molar refractivity (Wildman–Crippen MR) is 41.1 cm³/mol. The summed E-state index contributed by atoms with van der Waals surface area (Å²) in [4.78, 5) is 10.2. The molecule has 1 rings (SSSR count). The van der Waals surface area contributed by atoms with Crippen molar-refractivity contribution in [2.75, 3.05) is 0 Å². The Balaban J connectivity index is 3.19. The average Bonchev–Trinajstić information content (AvgIpc) is 1.88. The number of halogens is 1. The summed E-state index contributed by atoms with van der Waals surface area (Å²) in [6.07, 6.45) is 0.696. The summed E-state index contributed by atoms with van der Waals surface area (Å²) in [5, 5.41) is 0.593. The minimum atomic E-state index is -0.324. The van der Waals surface area contributed by atoms with E-state index in [0.29, 0.717) is 17.2 Å². The Morgan fingerprint density at radius 2 is 2.20 bits per heavy atom. The fourth-order valence-corrected chi connectivity index (χ4v) is 0.976. The predicted octanol–water partition coefficient (Wildman–Crippen LogP) is 1.14. The van der Waals surface area contributed by atoms with Gasteiger partial charge in [0.25, 0.3) is 0 Å². The molecule has 0 heterocycles. The van der Waals surface area contributed by atoms with Gasteiger partial charge in [-0.05, 0) is 23.5 Å². The zero-order valence-corrected chi connectivity index (χ0v) is 6.33. The van der Waals surface area contributed by atoms with Crippen LogP contribution in [0.2, 0.25) is 0 Å². The molecule has 0 saturated carbocycles. The topological polar surface area (TPSA) is 17.1 Å². The molecule has 0 bridgehead atoms. The summed E-state index contributed by atoms with van der Waals surface area (Å²) in [5.74, 6) is -0.324. The maximum Gasteiger partial charge on any atom is 0.150 e. The van der Waals surface area contributed by atoms with Gasteiger partial charge < -0.3 is 0 Å². The first kappa shape index (κ1) is 7.36. The molecular formula is C7H6FOP. The molecule has 3 heteroatoms. The third-order valence-electron chi connectivity index (χ3n) is 1.18. The normalized spacial score (nSPS) is 9.40. The largest absolute Gasteiger partial charge is 0.298 e. The van der Waals surface area contributed by atoms with Crippen molar-refractivity contribution in [2.24, 2.45) is 0 Å². The second kappa shape index (κ2) is 2.89. The maximum absolute atomic E-state index is 12.4. The van der Waals surface area contributed by atoms with E-state index in [0.717, 1.165) is 0 Å². The molecule has 1 atom stereocenters. The van der Waals surface area contributed by atoms with Crippen LogP contribution in [-0.4, -0.2) is 6.29 Å². The van der Waals surface area contributed by atoms with Gasteiger partial charge in [0.1, 0.15) is 5.82 Å². The van der Waals surface area contributed by atoms with Gasteiger partial charge in [-0.25, -0.2) is 4.39 Å². The molecule has 0 fully saturated rings. The van der Waals surface area contributed by atoms with Gasteiger partial charge in [0, 0.05) is 5.56 Å². The third-order valence-corrected chi connectivity index (χ3v) is 1.68. The van der Waals surface area contributed by atoms with Crippen LogP contribution in [0.5, 0.6) is 0 Å². The van der Waals surface area contributed by atoms with Crippen molar-refractivity contribution in [2.45, 2.75) is 0 Å². The van der Waals surface area contributed by atoms with E-state index in [1.54, 1.807) is 0 Å². The molecule has 0 N–H and O–H groups in total. The SMILES string of the molecule is O=Cc1ccc(F)cc1P. The first-order chi connectivity index (χ1) is 4.74. The number of aldehydes is 1. The van der Waals surface area contributed by atoms with Crippen molar-refractivity contribution in [3.05, 3.63) is 29.6 Å². The molecule has 0 aliphatic rings. The van der Waals surface area contributed by atoms with Crippen LogP contribution in [0.1, 0.15) is 10.4 Å².